The van der Waals surface area contributed by atoms with Gasteiger partial charge in [-0.05, 0) is 35.6 Å². The van der Waals surface area contributed by atoms with E-state index >= 15 is 0 Å². The summed E-state index contributed by atoms with van der Waals surface area (Å²) < 4.78 is 29.0. The van der Waals surface area contributed by atoms with Gasteiger partial charge in [0.2, 0.25) is 0 Å². The van der Waals surface area contributed by atoms with E-state index in [1.54, 1.807) is 0 Å². The molecule has 5 heteroatoms. The minimum Gasteiger partial charge on any atom is -1.00 e. The van der Waals surface area contributed by atoms with Gasteiger partial charge in [0.15, 0.2) is 0 Å². The number of fused-ring (bicyclic) bond motifs is 3. The molecule has 0 nitrogen and oxygen atoms in total. The van der Waals surface area contributed by atoms with Crippen LogP contribution in [0.5, 0.6) is 0 Å². The van der Waals surface area contributed by atoms with Crippen LogP contribution in [0.3, 0.4) is 0 Å². The summed E-state index contributed by atoms with van der Waals surface area (Å²) in [5, 5.41) is 0. The predicted octanol–water partition coefficient (Wildman–Crippen LogP) is 1.45. The van der Waals surface area contributed by atoms with Crippen molar-refractivity contribution in [3.63, 3.8) is 0 Å². The second-order valence-corrected chi connectivity index (χ2v) is 4.24. The highest BCUT2D eigenvalue weighted by Gasteiger charge is 2.16. The highest BCUT2D eigenvalue weighted by Crippen LogP contribution is 2.36. The third-order valence-electron chi connectivity index (χ3n) is 2.95. The molecule has 0 spiro atoms. The van der Waals surface area contributed by atoms with Gasteiger partial charge in [-0.15, -0.1) is 0 Å². The van der Waals surface area contributed by atoms with E-state index in [1.807, 2.05) is 0 Å². The zero-order valence-corrected chi connectivity index (χ0v) is 10.3. The van der Waals surface area contributed by atoms with Crippen LogP contribution in [0.4, 0.5) is 12.9 Å². The first kappa shape index (κ1) is 15.3. The van der Waals surface area contributed by atoms with E-state index in [0.717, 1.165) is 6.42 Å². The zero-order valence-electron chi connectivity index (χ0n) is 10.3. The molecule has 0 aromatic heterocycles. The number of rotatable bonds is 0. The maximum Gasteiger partial charge on any atom is 0.762 e. The van der Waals surface area contributed by atoms with Gasteiger partial charge in [0.25, 0.3) is 0 Å². The lowest BCUT2D eigenvalue weighted by molar-refractivity contribution is -0.00000643. The van der Waals surface area contributed by atoms with Crippen molar-refractivity contribution in [3.8, 4) is 11.1 Å². The molecule has 0 atom stereocenters. The molecule has 1 aliphatic carbocycles. The van der Waals surface area contributed by atoms with Crippen molar-refractivity contribution in [2.24, 2.45) is 0 Å². The smallest absolute Gasteiger partial charge is 0.762 e. The van der Waals surface area contributed by atoms with Crippen molar-refractivity contribution in [1.29, 1.82) is 0 Å². The quantitative estimate of drug-likeness (QED) is 0.427. The Labute approximate surface area is 109 Å². The number of halogens is 4. The molecule has 19 heavy (non-hydrogen) atoms. The van der Waals surface area contributed by atoms with E-state index in [0.29, 0.717) is 0 Å². The van der Waals surface area contributed by atoms with Crippen LogP contribution in [0.1, 0.15) is 16.7 Å². The molecule has 0 amide bonds. The number of benzene rings is 2. The number of aryl methyl sites for hydroxylation is 1. The van der Waals surface area contributed by atoms with Gasteiger partial charge in [-0.2, -0.15) is 0 Å². The van der Waals surface area contributed by atoms with Gasteiger partial charge in [0.1, 0.15) is 0 Å². The minimum atomic E-state index is -3.67. The van der Waals surface area contributed by atoms with Gasteiger partial charge < -0.3 is 4.70 Å². The molecule has 1 aliphatic rings. The molecule has 100 valence electrons. The largest absolute Gasteiger partial charge is 1.00 e. The van der Waals surface area contributed by atoms with Crippen LogP contribution < -0.4 is 4.70 Å². The average Bonchev–Trinajstić information content (AvgIpc) is 2.65. The highest BCUT2D eigenvalue weighted by atomic mass is 19.4. The van der Waals surface area contributed by atoms with Gasteiger partial charge in [-0.3, -0.25) is 12.9 Å². The Morgan fingerprint density at radius 2 is 1.47 bits per heavy atom. The lowest BCUT2D eigenvalue weighted by Crippen LogP contribution is -3.00. The first-order chi connectivity index (χ1) is 8.58. The summed E-state index contributed by atoms with van der Waals surface area (Å²) in [6.07, 6.45) is 1.10. The summed E-state index contributed by atoms with van der Waals surface area (Å²) in [7, 11) is -3.67. The van der Waals surface area contributed by atoms with Gasteiger partial charge in [0, 0.05) is 0 Å². The van der Waals surface area contributed by atoms with Crippen molar-refractivity contribution in [1.82, 2.24) is 0 Å². The Hall–Kier alpha value is -1.78. The molecule has 0 bridgehead atoms. The van der Waals surface area contributed by atoms with Crippen molar-refractivity contribution < 1.29 is 17.7 Å². The summed E-state index contributed by atoms with van der Waals surface area (Å²) in [4.78, 5) is 0. The molecule has 2 aromatic rings. The van der Waals surface area contributed by atoms with Crippen molar-refractivity contribution in [3.05, 3.63) is 59.2 Å². The molecule has 0 radical (unpaired) electrons. The molecule has 0 saturated heterocycles. The maximum absolute atomic E-state index is 9.67. The van der Waals surface area contributed by atoms with Crippen LogP contribution in [0.25, 0.3) is 11.1 Å². The molecule has 0 saturated carbocycles. The summed E-state index contributed by atoms with van der Waals surface area (Å²) in [5.41, 5.74) is 7.14. The molecule has 0 aliphatic heterocycles. The second kappa shape index (κ2) is 6.41. The summed E-state index contributed by atoms with van der Waals surface area (Å²) in [6, 6.07) is 15.4. The van der Waals surface area contributed by atoms with Gasteiger partial charge in [0.05, 0.1) is 0 Å². The van der Waals surface area contributed by atoms with Crippen LogP contribution in [0, 0.1) is 6.92 Å². The van der Waals surface area contributed by atoms with E-state index in [1.165, 1.54) is 27.8 Å². The fraction of sp³-hybridized carbons (Fsp3) is 0.143. The summed E-state index contributed by atoms with van der Waals surface area (Å²) >= 11 is 0. The summed E-state index contributed by atoms with van der Waals surface area (Å²) in [6.45, 7) is 2.16. The molecule has 3 rings (SSSR count). The minimum absolute atomic E-state index is 0. The number of hydrogen-bond acceptors (Lipinski definition) is 0. The first-order valence-corrected chi connectivity index (χ1v) is 5.68. The standard InChI is InChI=1S/C14H12.BF3.FH/c1-10-6-7-14-12(8-10)9-11-4-2-3-5-13(11)14;2-1(3)4;/h2-8H,9H2,1H3;;1H/p-1. The van der Waals surface area contributed by atoms with E-state index in [-0.39, 0.29) is 4.70 Å². The van der Waals surface area contributed by atoms with Crippen LogP contribution in [0.2, 0.25) is 0 Å². The Morgan fingerprint density at radius 3 is 2.16 bits per heavy atom. The van der Waals surface area contributed by atoms with Crippen molar-refractivity contribution >= 4 is 7.54 Å². The number of hydrogen-bond donors (Lipinski definition) is 0. The fourth-order valence-corrected chi connectivity index (χ4v) is 2.27. The van der Waals surface area contributed by atoms with Crippen LogP contribution in [-0.4, -0.2) is 7.54 Å². The van der Waals surface area contributed by atoms with Crippen LogP contribution in [0.15, 0.2) is 42.5 Å². The van der Waals surface area contributed by atoms with Crippen LogP contribution >= 0.6 is 0 Å². The SMILES string of the molecule is Cc1ccc2c(c1)Cc1ccccc1-2.FB(F)F.[F-]. The van der Waals surface area contributed by atoms with Gasteiger partial charge in [-0.1, -0.05) is 48.0 Å². The third-order valence-corrected chi connectivity index (χ3v) is 2.95. The van der Waals surface area contributed by atoms with E-state index in [4.69, 9.17) is 0 Å². The lowest BCUT2D eigenvalue weighted by atomic mass is 10.0. The highest BCUT2D eigenvalue weighted by molar-refractivity contribution is 6.33. The van der Waals surface area contributed by atoms with Crippen LogP contribution in [-0.2, 0) is 6.42 Å². The van der Waals surface area contributed by atoms with Crippen molar-refractivity contribution in [2.45, 2.75) is 13.3 Å². The average molecular weight is 267 g/mol. The predicted molar refractivity (Wildman–Crippen MR) is 68.5 cm³/mol. The topological polar surface area (TPSA) is 0 Å². The molecular weight excluding hydrogens is 255 g/mol. The molecular formula is C14H12BF4-. The normalized spacial score (nSPS) is 10.5. The Balaban J connectivity index is 0.000000323. The molecule has 0 unspecified atom stereocenters. The Morgan fingerprint density at radius 1 is 0.895 bits per heavy atom. The molecule has 0 fully saturated rings. The first-order valence-electron chi connectivity index (χ1n) is 5.68. The Kier molecular flexibility index (Phi) is 5.15. The molecule has 0 N–H and O–H groups in total. The Bertz CT molecular complexity index is 552. The molecule has 0 heterocycles. The fourth-order valence-electron chi connectivity index (χ4n) is 2.27. The van der Waals surface area contributed by atoms with E-state index in [2.05, 4.69) is 49.4 Å². The van der Waals surface area contributed by atoms with Gasteiger partial charge >= 0.3 is 7.54 Å². The lowest BCUT2D eigenvalue weighted by Gasteiger charge is -2.00. The van der Waals surface area contributed by atoms with Gasteiger partial charge in [-0.25, -0.2) is 0 Å². The molecule has 2 aromatic carbocycles. The monoisotopic (exact) mass is 267 g/mol. The third kappa shape index (κ3) is 3.59. The second-order valence-electron chi connectivity index (χ2n) is 4.24. The zero-order chi connectivity index (χ0) is 13.1. The maximum atomic E-state index is 9.67. The summed E-state index contributed by atoms with van der Waals surface area (Å²) in [5.74, 6) is 0. The van der Waals surface area contributed by atoms with E-state index < -0.39 is 7.54 Å². The van der Waals surface area contributed by atoms with E-state index in [9.17, 15) is 12.9 Å². The van der Waals surface area contributed by atoms with Crippen molar-refractivity contribution in [2.75, 3.05) is 0 Å².